The second-order valence-corrected chi connectivity index (χ2v) is 8.90. The summed E-state index contributed by atoms with van der Waals surface area (Å²) in [6.07, 6.45) is -0.107. The van der Waals surface area contributed by atoms with Crippen LogP contribution in [-0.4, -0.2) is 41.8 Å². The first-order valence-corrected chi connectivity index (χ1v) is 11.4. The Labute approximate surface area is 194 Å². The second kappa shape index (κ2) is 10.5. The maximum absolute atomic E-state index is 12.8. The van der Waals surface area contributed by atoms with Gasteiger partial charge in [0.05, 0.1) is 0 Å². The molecule has 3 N–H and O–H groups in total. The van der Waals surface area contributed by atoms with E-state index in [0.717, 1.165) is 22.3 Å². The molecule has 0 saturated carbocycles. The van der Waals surface area contributed by atoms with Crippen molar-refractivity contribution in [3.63, 3.8) is 0 Å². The van der Waals surface area contributed by atoms with Crippen molar-refractivity contribution in [1.82, 2.24) is 10.6 Å². The third-order valence-corrected chi connectivity index (χ3v) is 6.34. The zero-order chi connectivity index (χ0) is 24.1. The van der Waals surface area contributed by atoms with E-state index in [-0.39, 0.29) is 24.4 Å². The first kappa shape index (κ1) is 24.3. The van der Waals surface area contributed by atoms with Crippen molar-refractivity contribution in [2.75, 3.05) is 6.61 Å². The van der Waals surface area contributed by atoms with Crippen molar-refractivity contribution >= 4 is 18.0 Å². The average Bonchev–Trinajstić information content (AvgIpc) is 3.12. The minimum absolute atomic E-state index is 0.0868. The summed E-state index contributed by atoms with van der Waals surface area (Å²) >= 11 is 0. The Hall–Kier alpha value is -3.35. The molecule has 33 heavy (non-hydrogen) atoms. The number of alkyl carbamates (subject to hydrolysis) is 1. The van der Waals surface area contributed by atoms with Crippen LogP contribution < -0.4 is 10.6 Å². The van der Waals surface area contributed by atoms with Crippen LogP contribution in [0.25, 0.3) is 11.1 Å². The van der Waals surface area contributed by atoms with Crippen LogP contribution in [0.5, 0.6) is 0 Å². The third kappa shape index (κ3) is 5.35. The number of amides is 2. The standard InChI is InChI=1S/C26H32N2O5/c1-5-16(4)23(25(30)31)27-24(29)22(15(2)3)28-26(32)33-14-21-19-12-8-6-10-17(19)18-11-7-9-13-20(18)21/h6-13,15-16,21-23H,5,14H2,1-4H3,(H,27,29)(H,28,32)(H,30,31)/t16?,22-,23-/m0/s1. The normalized spacial score (nSPS) is 15.2. The number of benzene rings is 2. The van der Waals surface area contributed by atoms with Gasteiger partial charge in [-0.15, -0.1) is 0 Å². The summed E-state index contributed by atoms with van der Waals surface area (Å²) < 4.78 is 5.55. The number of rotatable bonds is 9. The topological polar surface area (TPSA) is 105 Å². The molecule has 0 saturated heterocycles. The van der Waals surface area contributed by atoms with E-state index in [4.69, 9.17) is 4.74 Å². The van der Waals surface area contributed by atoms with Gasteiger partial charge in [-0.05, 0) is 34.1 Å². The number of hydrogen-bond donors (Lipinski definition) is 3. The number of hydrogen-bond acceptors (Lipinski definition) is 4. The van der Waals surface area contributed by atoms with Crippen molar-refractivity contribution in [2.45, 2.75) is 52.1 Å². The zero-order valence-electron chi connectivity index (χ0n) is 19.5. The van der Waals surface area contributed by atoms with Crippen LogP contribution in [0.15, 0.2) is 48.5 Å². The fourth-order valence-electron chi connectivity index (χ4n) is 4.23. The molecule has 176 valence electrons. The summed E-state index contributed by atoms with van der Waals surface area (Å²) in [6, 6.07) is 14.2. The predicted octanol–water partition coefficient (Wildman–Crippen LogP) is 4.17. The Morgan fingerprint density at radius 1 is 0.909 bits per heavy atom. The van der Waals surface area contributed by atoms with E-state index < -0.39 is 30.1 Å². The lowest BCUT2D eigenvalue weighted by Crippen LogP contribution is -2.55. The minimum Gasteiger partial charge on any atom is -0.480 e. The van der Waals surface area contributed by atoms with E-state index in [9.17, 15) is 19.5 Å². The molecular weight excluding hydrogens is 420 g/mol. The van der Waals surface area contributed by atoms with Crippen LogP contribution in [0, 0.1) is 11.8 Å². The molecule has 0 fully saturated rings. The predicted molar refractivity (Wildman–Crippen MR) is 126 cm³/mol. The van der Waals surface area contributed by atoms with Gasteiger partial charge in [-0.25, -0.2) is 9.59 Å². The molecule has 1 aliphatic carbocycles. The molecule has 0 bridgehead atoms. The van der Waals surface area contributed by atoms with Gasteiger partial charge in [0.15, 0.2) is 0 Å². The molecule has 3 atom stereocenters. The van der Waals surface area contributed by atoms with Crippen molar-refractivity contribution < 1.29 is 24.2 Å². The van der Waals surface area contributed by atoms with Gasteiger partial charge in [0, 0.05) is 5.92 Å². The number of fused-ring (bicyclic) bond motifs is 3. The summed E-state index contributed by atoms with van der Waals surface area (Å²) in [5.41, 5.74) is 4.46. The Bertz CT molecular complexity index is 974. The number of carbonyl (C=O) groups excluding carboxylic acids is 2. The minimum atomic E-state index is -1.10. The Balaban J connectivity index is 1.66. The van der Waals surface area contributed by atoms with E-state index in [1.807, 2.05) is 43.3 Å². The van der Waals surface area contributed by atoms with Gasteiger partial charge in [0.25, 0.3) is 0 Å². The number of nitrogens with one attached hydrogen (secondary N) is 2. The lowest BCUT2D eigenvalue weighted by atomic mass is 9.97. The Morgan fingerprint density at radius 3 is 1.94 bits per heavy atom. The van der Waals surface area contributed by atoms with E-state index in [1.54, 1.807) is 20.8 Å². The number of carboxylic acid groups (broad SMARTS) is 1. The highest BCUT2D eigenvalue weighted by Crippen LogP contribution is 2.44. The molecule has 1 aliphatic rings. The first-order valence-electron chi connectivity index (χ1n) is 11.4. The van der Waals surface area contributed by atoms with Gasteiger partial charge in [-0.1, -0.05) is 82.6 Å². The smallest absolute Gasteiger partial charge is 0.407 e. The van der Waals surface area contributed by atoms with E-state index >= 15 is 0 Å². The molecule has 2 aromatic carbocycles. The summed E-state index contributed by atoms with van der Waals surface area (Å²) in [7, 11) is 0. The van der Waals surface area contributed by atoms with Gasteiger partial charge in [0.2, 0.25) is 5.91 Å². The Morgan fingerprint density at radius 2 is 1.45 bits per heavy atom. The highest BCUT2D eigenvalue weighted by atomic mass is 16.5. The van der Waals surface area contributed by atoms with E-state index in [0.29, 0.717) is 6.42 Å². The summed E-state index contributed by atoms with van der Waals surface area (Å²) in [5, 5.41) is 14.7. The number of ether oxygens (including phenoxy) is 1. The molecule has 7 heteroatoms. The average molecular weight is 453 g/mol. The molecule has 3 rings (SSSR count). The monoisotopic (exact) mass is 452 g/mol. The first-order chi connectivity index (χ1) is 15.7. The van der Waals surface area contributed by atoms with Crippen LogP contribution in [0.1, 0.15) is 51.2 Å². The molecule has 2 amide bonds. The largest absolute Gasteiger partial charge is 0.480 e. The van der Waals surface area contributed by atoms with Gasteiger partial charge >= 0.3 is 12.1 Å². The zero-order valence-corrected chi connectivity index (χ0v) is 19.5. The molecule has 0 heterocycles. The maximum Gasteiger partial charge on any atom is 0.407 e. The number of aliphatic carboxylic acids is 1. The highest BCUT2D eigenvalue weighted by molar-refractivity contribution is 5.89. The van der Waals surface area contributed by atoms with Gasteiger partial charge in [-0.3, -0.25) is 4.79 Å². The second-order valence-electron chi connectivity index (χ2n) is 8.90. The van der Waals surface area contributed by atoms with Crippen molar-refractivity contribution in [3.05, 3.63) is 59.7 Å². The summed E-state index contributed by atoms with van der Waals surface area (Å²) in [5.74, 6) is -2.21. The lowest BCUT2D eigenvalue weighted by molar-refractivity contribution is -0.143. The van der Waals surface area contributed by atoms with Crippen LogP contribution in [0.4, 0.5) is 4.79 Å². The Kier molecular flexibility index (Phi) is 7.74. The molecule has 1 unspecified atom stereocenters. The van der Waals surface area contributed by atoms with Crippen LogP contribution >= 0.6 is 0 Å². The molecule has 0 radical (unpaired) electrons. The van der Waals surface area contributed by atoms with Crippen molar-refractivity contribution in [1.29, 1.82) is 0 Å². The fraction of sp³-hybridized carbons (Fsp3) is 0.423. The van der Waals surface area contributed by atoms with Crippen LogP contribution in [0.2, 0.25) is 0 Å². The molecule has 0 aromatic heterocycles. The van der Waals surface area contributed by atoms with E-state index in [1.165, 1.54) is 0 Å². The maximum atomic E-state index is 12.8. The number of carboxylic acids is 1. The fourth-order valence-corrected chi connectivity index (χ4v) is 4.23. The number of carbonyl (C=O) groups is 3. The van der Waals surface area contributed by atoms with Gasteiger partial charge in [0.1, 0.15) is 18.7 Å². The van der Waals surface area contributed by atoms with Crippen molar-refractivity contribution in [2.24, 2.45) is 11.8 Å². The van der Waals surface area contributed by atoms with Gasteiger partial charge < -0.3 is 20.5 Å². The quantitative estimate of drug-likeness (QED) is 0.530. The van der Waals surface area contributed by atoms with Crippen LogP contribution in [0.3, 0.4) is 0 Å². The summed E-state index contributed by atoms with van der Waals surface area (Å²) in [4.78, 5) is 37.0. The van der Waals surface area contributed by atoms with Gasteiger partial charge in [-0.2, -0.15) is 0 Å². The molecule has 2 aromatic rings. The molecule has 0 aliphatic heterocycles. The van der Waals surface area contributed by atoms with Crippen molar-refractivity contribution in [3.8, 4) is 11.1 Å². The molecule has 7 nitrogen and oxygen atoms in total. The molecular formula is C26H32N2O5. The summed E-state index contributed by atoms with van der Waals surface area (Å²) in [6.45, 7) is 7.33. The van der Waals surface area contributed by atoms with E-state index in [2.05, 4.69) is 22.8 Å². The SMILES string of the molecule is CCC(C)[C@H](NC(=O)[C@@H](NC(=O)OCC1c2ccccc2-c2ccccc21)C(C)C)C(=O)O. The lowest BCUT2D eigenvalue weighted by Gasteiger charge is -2.26. The van der Waals surface area contributed by atoms with Crippen LogP contribution in [-0.2, 0) is 14.3 Å². The highest BCUT2D eigenvalue weighted by Gasteiger charge is 2.32. The molecule has 0 spiro atoms. The third-order valence-electron chi connectivity index (χ3n) is 6.34.